The lowest BCUT2D eigenvalue weighted by Crippen LogP contribution is -2.30. The molecule has 8 heteroatoms. The van der Waals surface area contributed by atoms with Gasteiger partial charge in [-0.2, -0.15) is 0 Å². The van der Waals surface area contributed by atoms with E-state index in [9.17, 15) is 13.2 Å². The maximum atomic E-state index is 13.0. The number of rotatable bonds is 7. The van der Waals surface area contributed by atoms with Crippen LogP contribution in [-0.4, -0.2) is 24.9 Å². The van der Waals surface area contributed by atoms with Gasteiger partial charge < -0.3 is 10.3 Å². The van der Waals surface area contributed by atoms with Crippen molar-refractivity contribution in [3.8, 4) is 0 Å². The number of sulfonamides is 1. The highest BCUT2D eigenvalue weighted by Gasteiger charge is 2.23. The molecule has 0 aliphatic carbocycles. The molecule has 0 aliphatic rings. The van der Waals surface area contributed by atoms with Crippen LogP contribution in [0.1, 0.15) is 23.7 Å². The number of aryl methyl sites for hydroxylation is 2. The highest BCUT2D eigenvalue weighted by molar-refractivity contribution is 7.92. The van der Waals surface area contributed by atoms with Crippen LogP contribution < -0.4 is 15.2 Å². The molecule has 3 rings (SSSR count). The fraction of sp³-hybridized carbons (Fsp3) is 0.238. The summed E-state index contributed by atoms with van der Waals surface area (Å²) < 4.78 is 27.3. The number of benzene rings is 1. The Morgan fingerprint density at radius 2 is 1.83 bits per heavy atom. The van der Waals surface area contributed by atoms with Crippen LogP contribution >= 0.6 is 0 Å². The average molecular weight is 413 g/mol. The van der Waals surface area contributed by atoms with Crippen LogP contribution in [0.4, 0.5) is 11.5 Å². The largest absolute Gasteiger partial charge is 0.366 e. The Kier molecular flexibility index (Phi) is 6.03. The van der Waals surface area contributed by atoms with Crippen molar-refractivity contribution in [3.63, 3.8) is 0 Å². The van der Waals surface area contributed by atoms with Crippen molar-refractivity contribution in [2.45, 2.75) is 32.2 Å². The molecule has 0 fully saturated rings. The van der Waals surface area contributed by atoms with E-state index < -0.39 is 10.0 Å². The number of hydrogen-bond acceptors (Lipinski definition) is 5. The minimum absolute atomic E-state index is 0.109. The van der Waals surface area contributed by atoms with E-state index in [1.54, 1.807) is 37.3 Å². The standard InChI is InChI=1S/C21H24N4O3S/c1-4-25(17-8-6-5-7-9-17)29(27,28)18-10-11-20(22-13-18)23-14-19-15(2)12-16(3)24-21(19)26/h5-13H,4,14H2,1-3H3,(H,22,23)(H,24,26). The molecule has 0 aliphatic heterocycles. The van der Waals surface area contributed by atoms with Gasteiger partial charge in [0, 0.05) is 30.5 Å². The maximum absolute atomic E-state index is 13.0. The second-order valence-electron chi connectivity index (χ2n) is 6.68. The first-order chi connectivity index (χ1) is 13.8. The predicted octanol–water partition coefficient (Wildman–Crippen LogP) is 3.21. The topological polar surface area (TPSA) is 95.2 Å². The molecule has 0 atom stereocenters. The van der Waals surface area contributed by atoms with Crippen LogP contribution in [0.25, 0.3) is 0 Å². The van der Waals surface area contributed by atoms with Gasteiger partial charge in [-0.25, -0.2) is 13.4 Å². The molecule has 0 saturated heterocycles. The lowest BCUT2D eigenvalue weighted by Gasteiger charge is -2.22. The molecule has 3 aromatic rings. The van der Waals surface area contributed by atoms with Crippen molar-refractivity contribution in [1.29, 1.82) is 0 Å². The molecule has 0 radical (unpaired) electrons. The molecule has 0 amide bonds. The number of nitrogens with zero attached hydrogens (tertiary/aromatic N) is 2. The van der Waals surface area contributed by atoms with Crippen molar-refractivity contribution < 1.29 is 8.42 Å². The number of aromatic nitrogens is 2. The third-order valence-electron chi connectivity index (χ3n) is 4.60. The van der Waals surface area contributed by atoms with E-state index in [1.807, 2.05) is 26.0 Å². The van der Waals surface area contributed by atoms with Gasteiger partial charge >= 0.3 is 0 Å². The fourth-order valence-electron chi connectivity index (χ4n) is 3.13. The maximum Gasteiger partial charge on any atom is 0.265 e. The molecule has 0 saturated carbocycles. The number of pyridine rings is 2. The summed E-state index contributed by atoms with van der Waals surface area (Å²) in [5.74, 6) is 0.492. The Bertz CT molecular complexity index is 1140. The molecule has 7 nitrogen and oxygen atoms in total. The van der Waals surface area contributed by atoms with Gasteiger partial charge in [0.1, 0.15) is 10.7 Å². The molecule has 0 unspecified atom stereocenters. The van der Waals surface area contributed by atoms with E-state index in [2.05, 4.69) is 15.3 Å². The number of hydrogen-bond donors (Lipinski definition) is 2. The van der Waals surface area contributed by atoms with Gasteiger partial charge in [-0.1, -0.05) is 18.2 Å². The summed E-state index contributed by atoms with van der Waals surface area (Å²) in [4.78, 5) is 19.2. The monoisotopic (exact) mass is 412 g/mol. The van der Waals surface area contributed by atoms with Crippen LogP contribution in [-0.2, 0) is 16.6 Å². The quantitative estimate of drug-likeness (QED) is 0.621. The average Bonchev–Trinajstić information content (AvgIpc) is 2.69. The Hall–Kier alpha value is -3.13. The fourth-order valence-corrected chi connectivity index (χ4v) is 4.55. The molecule has 2 N–H and O–H groups in total. The van der Waals surface area contributed by atoms with Crippen LogP contribution in [0.2, 0.25) is 0 Å². The van der Waals surface area contributed by atoms with Gasteiger partial charge in [-0.15, -0.1) is 0 Å². The van der Waals surface area contributed by atoms with Crippen molar-refractivity contribution in [1.82, 2.24) is 9.97 Å². The number of H-pyrrole nitrogens is 1. The second-order valence-corrected chi connectivity index (χ2v) is 8.54. The molecule has 0 bridgehead atoms. The number of nitrogens with one attached hydrogen (secondary N) is 2. The Morgan fingerprint density at radius 3 is 2.41 bits per heavy atom. The zero-order valence-electron chi connectivity index (χ0n) is 16.6. The molecule has 2 heterocycles. The van der Waals surface area contributed by atoms with E-state index >= 15 is 0 Å². The lowest BCUT2D eigenvalue weighted by atomic mass is 10.1. The highest BCUT2D eigenvalue weighted by atomic mass is 32.2. The van der Waals surface area contributed by atoms with Crippen LogP contribution in [0.3, 0.4) is 0 Å². The Balaban J connectivity index is 1.78. The summed E-state index contributed by atoms with van der Waals surface area (Å²) in [6, 6.07) is 14.0. The van der Waals surface area contributed by atoms with Crippen molar-refractivity contribution >= 4 is 21.5 Å². The third-order valence-corrected chi connectivity index (χ3v) is 6.48. The zero-order chi connectivity index (χ0) is 21.0. The first kappa shape index (κ1) is 20.6. The third kappa shape index (κ3) is 4.48. The smallest absolute Gasteiger partial charge is 0.265 e. The molecule has 29 heavy (non-hydrogen) atoms. The first-order valence-electron chi connectivity index (χ1n) is 9.30. The minimum Gasteiger partial charge on any atom is -0.366 e. The Labute approximate surface area is 170 Å². The SMILES string of the molecule is CCN(c1ccccc1)S(=O)(=O)c1ccc(NCc2c(C)cc(C)[nH]c2=O)nc1. The molecule has 152 valence electrons. The highest BCUT2D eigenvalue weighted by Crippen LogP contribution is 2.23. The number of anilines is 2. The number of para-hydroxylation sites is 1. The molecular weight excluding hydrogens is 388 g/mol. The van der Waals surface area contributed by atoms with E-state index in [1.165, 1.54) is 16.6 Å². The summed E-state index contributed by atoms with van der Waals surface area (Å²) in [5, 5.41) is 3.08. The van der Waals surface area contributed by atoms with Crippen LogP contribution in [0, 0.1) is 13.8 Å². The van der Waals surface area contributed by atoms with Gasteiger partial charge in [-0.05, 0) is 56.7 Å². The van der Waals surface area contributed by atoms with E-state index in [0.29, 0.717) is 30.2 Å². The molecule has 2 aromatic heterocycles. The predicted molar refractivity (Wildman–Crippen MR) is 115 cm³/mol. The molecule has 0 spiro atoms. The summed E-state index contributed by atoms with van der Waals surface area (Å²) in [6.07, 6.45) is 1.33. The van der Waals surface area contributed by atoms with Gasteiger partial charge in [0.2, 0.25) is 0 Å². The summed E-state index contributed by atoms with van der Waals surface area (Å²) in [7, 11) is -3.72. The first-order valence-corrected chi connectivity index (χ1v) is 10.7. The summed E-state index contributed by atoms with van der Waals surface area (Å²) in [6.45, 7) is 6.11. The van der Waals surface area contributed by atoms with Gasteiger partial charge in [0.25, 0.3) is 15.6 Å². The van der Waals surface area contributed by atoms with Gasteiger partial charge in [0.05, 0.1) is 5.69 Å². The van der Waals surface area contributed by atoms with Gasteiger partial charge in [0.15, 0.2) is 0 Å². The van der Waals surface area contributed by atoms with Gasteiger partial charge in [-0.3, -0.25) is 9.10 Å². The zero-order valence-corrected chi connectivity index (χ0v) is 17.5. The normalized spacial score (nSPS) is 11.3. The van der Waals surface area contributed by atoms with Crippen LogP contribution in [0.5, 0.6) is 0 Å². The molecular formula is C21H24N4O3S. The van der Waals surface area contributed by atoms with Crippen LogP contribution in [0.15, 0.2) is 64.4 Å². The summed E-state index contributed by atoms with van der Waals surface area (Å²) >= 11 is 0. The number of aromatic amines is 1. The van der Waals surface area contributed by atoms with Crippen molar-refractivity contribution in [2.24, 2.45) is 0 Å². The van der Waals surface area contributed by atoms with E-state index in [0.717, 1.165) is 11.3 Å². The van der Waals surface area contributed by atoms with Crippen molar-refractivity contribution in [3.05, 3.63) is 81.9 Å². The second kappa shape index (κ2) is 8.48. The molecule has 1 aromatic carbocycles. The van der Waals surface area contributed by atoms with E-state index in [4.69, 9.17) is 0 Å². The lowest BCUT2D eigenvalue weighted by molar-refractivity contribution is 0.591. The Morgan fingerprint density at radius 1 is 1.10 bits per heavy atom. The minimum atomic E-state index is -3.72. The van der Waals surface area contributed by atoms with Crippen molar-refractivity contribution in [2.75, 3.05) is 16.2 Å². The summed E-state index contributed by atoms with van der Waals surface area (Å²) in [5.41, 5.74) is 2.78. The van der Waals surface area contributed by atoms with E-state index in [-0.39, 0.29) is 10.5 Å².